The monoisotopic (exact) mass is 234 g/mol. The van der Waals surface area contributed by atoms with E-state index in [1.54, 1.807) is 20.8 Å². The maximum atomic E-state index is 12.4. The first-order valence-corrected chi connectivity index (χ1v) is 4.48. The Morgan fingerprint density at radius 2 is 2.06 bits per heavy atom. The van der Waals surface area contributed by atoms with E-state index >= 15 is 0 Å². The van der Waals surface area contributed by atoms with Crippen LogP contribution in [0.3, 0.4) is 0 Å². The van der Waals surface area contributed by atoms with Gasteiger partial charge in [-0.15, -0.1) is 0 Å². The topological polar surface area (TPSA) is 78.3 Å². The first-order valence-electron chi connectivity index (χ1n) is 4.48. The molecule has 0 amide bonds. The van der Waals surface area contributed by atoms with Crippen molar-refractivity contribution < 1.29 is 22.7 Å². The van der Waals surface area contributed by atoms with Crippen LogP contribution in [-0.2, 0) is 4.74 Å². The predicted octanol–water partition coefficient (Wildman–Crippen LogP) is 2.15. The molecule has 90 valence electrons. The minimum absolute atomic E-state index is 0.490. The van der Waals surface area contributed by atoms with Crippen molar-refractivity contribution in [2.45, 2.75) is 32.8 Å². The van der Waals surface area contributed by atoms with Gasteiger partial charge >= 0.3 is 5.97 Å². The fourth-order valence-electron chi connectivity index (χ4n) is 0.968. The highest BCUT2D eigenvalue weighted by molar-refractivity contribution is 5.88. The molecule has 1 heterocycles. The molecule has 0 fully saturated rings. The van der Waals surface area contributed by atoms with Crippen LogP contribution in [0.25, 0.3) is 0 Å². The molecule has 0 aliphatic rings. The third-order valence-electron chi connectivity index (χ3n) is 1.46. The Hall–Kier alpha value is -1.66. The summed E-state index contributed by atoms with van der Waals surface area (Å²) < 4.78 is 34.4. The van der Waals surface area contributed by atoms with Crippen molar-refractivity contribution in [2.24, 2.45) is 0 Å². The van der Waals surface area contributed by atoms with Crippen molar-refractivity contribution in [3.63, 3.8) is 0 Å². The second kappa shape index (κ2) is 4.07. The molecule has 0 aliphatic heterocycles. The van der Waals surface area contributed by atoms with E-state index < -0.39 is 35.5 Å². The van der Waals surface area contributed by atoms with Gasteiger partial charge < -0.3 is 14.9 Å². The van der Waals surface area contributed by atoms with Crippen LogP contribution in [0.4, 0.5) is 14.8 Å². The second-order valence-corrected chi connectivity index (χ2v) is 4.07. The van der Waals surface area contributed by atoms with E-state index in [-0.39, 0.29) is 0 Å². The number of halogens is 2. The second-order valence-electron chi connectivity index (χ2n) is 4.07. The zero-order chi connectivity index (χ0) is 12.5. The van der Waals surface area contributed by atoms with Crippen LogP contribution in [0.5, 0.6) is 0 Å². The van der Waals surface area contributed by atoms with Gasteiger partial charge in [0.15, 0.2) is 5.69 Å². The number of alkyl halides is 2. The largest absolute Gasteiger partial charge is 0.454 e. The average Bonchev–Trinajstić information content (AvgIpc) is 2.44. The minimum Gasteiger partial charge on any atom is -0.454 e. The van der Waals surface area contributed by atoms with E-state index in [0.29, 0.717) is 0 Å². The Labute approximate surface area is 90.6 Å². The van der Waals surface area contributed by atoms with Gasteiger partial charge in [-0.1, -0.05) is 0 Å². The molecule has 5 nitrogen and oxygen atoms in total. The SMILES string of the molecule is CC(C)(C)OC(=O)c1oc(N)nc1C(F)F. The van der Waals surface area contributed by atoms with Crippen LogP contribution in [0, 0.1) is 0 Å². The summed E-state index contributed by atoms with van der Waals surface area (Å²) in [5, 5.41) is 0. The summed E-state index contributed by atoms with van der Waals surface area (Å²) in [7, 11) is 0. The summed E-state index contributed by atoms with van der Waals surface area (Å²) in [6.07, 6.45) is -2.94. The molecule has 0 aliphatic carbocycles. The molecule has 0 unspecified atom stereocenters. The van der Waals surface area contributed by atoms with Crippen molar-refractivity contribution in [1.29, 1.82) is 0 Å². The molecule has 16 heavy (non-hydrogen) atoms. The smallest absolute Gasteiger partial charge is 0.377 e. The number of hydrogen-bond donors (Lipinski definition) is 1. The van der Waals surface area contributed by atoms with Crippen LogP contribution >= 0.6 is 0 Å². The van der Waals surface area contributed by atoms with Crippen molar-refractivity contribution in [3.05, 3.63) is 11.5 Å². The van der Waals surface area contributed by atoms with Crippen molar-refractivity contribution in [2.75, 3.05) is 5.73 Å². The van der Waals surface area contributed by atoms with Gasteiger partial charge in [0.25, 0.3) is 12.4 Å². The molecule has 2 N–H and O–H groups in total. The van der Waals surface area contributed by atoms with Crippen LogP contribution in [0.15, 0.2) is 4.42 Å². The fourth-order valence-corrected chi connectivity index (χ4v) is 0.968. The molecular formula is C9H12F2N2O3. The van der Waals surface area contributed by atoms with E-state index in [0.717, 1.165) is 0 Å². The Kier molecular flexibility index (Phi) is 3.16. The Balaban J connectivity index is 2.99. The number of carbonyl (C=O) groups is 1. The standard InChI is InChI=1S/C9H12F2N2O3/c1-9(2,3)16-7(14)5-4(6(10)11)13-8(12)15-5/h6H,1-3H3,(H2,12,13). The average molecular weight is 234 g/mol. The summed E-state index contributed by atoms with van der Waals surface area (Å²) in [5.41, 5.74) is 3.49. The Morgan fingerprint density at radius 3 is 2.50 bits per heavy atom. The van der Waals surface area contributed by atoms with Crippen LogP contribution in [0.2, 0.25) is 0 Å². The van der Waals surface area contributed by atoms with E-state index in [2.05, 4.69) is 9.40 Å². The predicted molar refractivity (Wildman–Crippen MR) is 51.0 cm³/mol. The van der Waals surface area contributed by atoms with E-state index in [9.17, 15) is 13.6 Å². The minimum atomic E-state index is -2.94. The maximum absolute atomic E-state index is 12.4. The molecule has 1 aromatic rings. The number of aromatic nitrogens is 1. The van der Waals surface area contributed by atoms with Gasteiger partial charge in [0.05, 0.1) is 0 Å². The van der Waals surface area contributed by atoms with Gasteiger partial charge in [0.2, 0.25) is 5.76 Å². The summed E-state index contributed by atoms with van der Waals surface area (Å²) in [6.45, 7) is 4.81. The zero-order valence-electron chi connectivity index (χ0n) is 9.08. The molecule has 0 radical (unpaired) electrons. The quantitative estimate of drug-likeness (QED) is 0.793. The van der Waals surface area contributed by atoms with Crippen LogP contribution in [0.1, 0.15) is 43.4 Å². The third kappa shape index (κ3) is 2.91. The zero-order valence-corrected chi connectivity index (χ0v) is 9.08. The van der Waals surface area contributed by atoms with Gasteiger partial charge in [-0.05, 0) is 20.8 Å². The molecule has 7 heteroatoms. The van der Waals surface area contributed by atoms with E-state index in [1.807, 2.05) is 0 Å². The van der Waals surface area contributed by atoms with Gasteiger partial charge in [-0.3, -0.25) is 0 Å². The van der Waals surface area contributed by atoms with Gasteiger partial charge in [0, 0.05) is 0 Å². The molecule has 0 bridgehead atoms. The molecular weight excluding hydrogens is 222 g/mol. The summed E-state index contributed by atoms with van der Waals surface area (Å²) in [6, 6.07) is -0.490. The highest BCUT2D eigenvalue weighted by Crippen LogP contribution is 2.25. The summed E-state index contributed by atoms with van der Waals surface area (Å²) in [5.74, 6) is -1.66. The molecule has 1 aromatic heterocycles. The normalized spacial score (nSPS) is 11.9. The van der Waals surface area contributed by atoms with Crippen molar-refractivity contribution >= 4 is 12.0 Å². The molecule has 0 spiro atoms. The van der Waals surface area contributed by atoms with Crippen molar-refractivity contribution in [3.8, 4) is 0 Å². The number of hydrogen-bond acceptors (Lipinski definition) is 5. The molecule has 0 saturated carbocycles. The highest BCUT2D eigenvalue weighted by Gasteiger charge is 2.29. The number of esters is 1. The summed E-state index contributed by atoms with van der Waals surface area (Å²) >= 11 is 0. The van der Waals surface area contributed by atoms with E-state index in [1.165, 1.54) is 0 Å². The van der Waals surface area contributed by atoms with Gasteiger partial charge in [-0.2, -0.15) is 4.98 Å². The van der Waals surface area contributed by atoms with Crippen LogP contribution in [-0.4, -0.2) is 16.6 Å². The molecule has 1 rings (SSSR count). The fraction of sp³-hybridized carbons (Fsp3) is 0.556. The number of ether oxygens (including phenoxy) is 1. The third-order valence-corrected chi connectivity index (χ3v) is 1.46. The number of anilines is 1. The first kappa shape index (κ1) is 12.4. The number of oxazole rings is 1. The lowest BCUT2D eigenvalue weighted by atomic mass is 10.2. The van der Waals surface area contributed by atoms with Crippen LogP contribution < -0.4 is 5.73 Å². The number of carbonyl (C=O) groups excluding carboxylic acids is 1. The van der Waals surface area contributed by atoms with Gasteiger partial charge in [-0.25, -0.2) is 13.6 Å². The summed E-state index contributed by atoms with van der Waals surface area (Å²) in [4.78, 5) is 14.7. The van der Waals surface area contributed by atoms with E-state index in [4.69, 9.17) is 10.5 Å². The molecule has 0 saturated heterocycles. The van der Waals surface area contributed by atoms with Crippen molar-refractivity contribution in [1.82, 2.24) is 4.98 Å². The molecule has 0 atom stereocenters. The molecule has 0 aromatic carbocycles. The Morgan fingerprint density at radius 1 is 1.50 bits per heavy atom. The number of nitrogens with two attached hydrogens (primary N) is 1. The Bertz CT molecular complexity index is 396. The maximum Gasteiger partial charge on any atom is 0.377 e. The number of nitrogens with zero attached hydrogens (tertiary/aromatic N) is 1. The van der Waals surface area contributed by atoms with Gasteiger partial charge in [0.1, 0.15) is 5.60 Å². The first-order chi connectivity index (χ1) is 7.20. The highest BCUT2D eigenvalue weighted by atomic mass is 19.3. The lowest BCUT2D eigenvalue weighted by molar-refractivity contribution is 0.00274. The lowest BCUT2D eigenvalue weighted by Gasteiger charge is -2.18. The number of nitrogen functional groups attached to an aromatic ring is 1. The lowest BCUT2D eigenvalue weighted by Crippen LogP contribution is -2.24. The number of rotatable bonds is 2.